The Bertz CT molecular complexity index is 3180. The first-order valence-electron chi connectivity index (χ1n) is 37.3. The molecule has 7 N–H and O–H groups in total. The van der Waals surface area contributed by atoms with Crippen molar-refractivity contribution in [3.05, 3.63) is 83.9 Å². The van der Waals surface area contributed by atoms with Gasteiger partial charge in [-0.3, -0.25) is 67.3 Å². The van der Waals surface area contributed by atoms with E-state index in [0.29, 0.717) is 69.8 Å². The van der Waals surface area contributed by atoms with Gasteiger partial charge in [-0.15, -0.1) is 0 Å². The third-order valence-corrected chi connectivity index (χ3v) is 19.7. The Labute approximate surface area is 629 Å². The van der Waals surface area contributed by atoms with Gasteiger partial charge in [-0.05, 0) is 48.6 Å². The highest BCUT2D eigenvalue weighted by Gasteiger charge is 2.44. The number of benzene rings is 2. The van der Waals surface area contributed by atoms with Gasteiger partial charge in [0.15, 0.2) is 0 Å². The quantitative estimate of drug-likeness (QED) is 0.0463. The van der Waals surface area contributed by atoms with E-state index >= 15 is 0 Å². The molecule has 0 spiro atoms. The lowest BCUT2D eigenvalue weighted by Gasteiger charge is -2.41. The number of hydrogen-bond donors (Lipinski definition) is 7. The van der Waals surface area contributed by atoms with E-state index in [1.807, 2.05) is 36.9 Å². The highest BCUT2D eigenvalue weighted by molar-refractivity contribution is 6.13. The molecule has 0 aromatic heterocycles. The number of carbonyl (C=O) groups is 12. The number of aliphatic hydroxyl groups excluding tert-OH is 1. The summed E-state index contributed by atoms with van der Waals surface area (Å²) in [6.07, 6.45) is 1.63. The summed E-state index contributed by atoms with van der Waals surface area (Å²) in [6.45, 7) is 17.0. The van der Waals surface area contributed by atoms with Crippen LogP contribution in [-0.4, -0.2) is 300 Å². The minimum absolute atomic E-state index is 0.00179. The van der Waals surface area contributed by atoms with Crippen molar-refractivity contribution in [2.45, 2.75) is 155 Å². The average molecular weight is 1500 g/mol. The Balaban J connectivity index is 1.10. The van der Waals surface area contributed by atoms with Crippen LogP contribution in [-0.2, 0) is 92.4 Å². The van der Waals surface area contributed by atoms with Gasteiger partial charge in [0, 0.05) is 106 Å². The van der Waals surface area contributed by atoms with Crippen molar-refractivity contribution < 1.29 is 91.1 Å². The molecule has 0 aliphatic carbocycles. The number of nitrogens with zero attached hydrogens (tertiary/aromatic N) is 6. The van der Waals surface area contributed by atoms with E-state index in [0.717, 1.165) is 4.90 Å². The molecule has 2 fully saturated rings. The molecule has 107 heavy (non-hydrogen) atoms. The molecule has 0 radical (unpaired) electrons. The summed E-state index contributed by atoms with van der Waals surface area (Å²) in [6, 6.07) is 12.7. The van der Waals surface area contributed by atoms with Crippen molar-refractivity contribution in [3.8, 4) is 0 Å². The first-order valence-corrected chi connectivity index (χ1v) is 37.3. The summed E-state index contributed by atoms with van der Waals surface area (Å²) in [5, 5.41) is 27.1. The van der Waals surface area contributed by atoms with Gasteiger partial charge in [-0.1, -0.05) is 116 Å². The van der Waals surface area contributed by atoms with Gasteiger partial charge in [0.05, 0.1) is 121 Å². The van der Waals surface area contributed by atoms with E-state index in [4.69, 9.17) is 28.4 Å². The highest BCUT2D eigenvalue weighted by Crippen LogP contribution is 2.30. The maximum absolute atomic E-state index is 14.9. The zero-order chi connectivity index (χ0) is 78.7. The van der Waals surface area contributed by atoms with Crippen LogP contribution in [0.3, 0.4) is 0 Å². The largest absolute Gasteiger partial charge is 0.386 e. The molecule has 31 heteroatoms. The Kier molecular flexibility index (Phi) is 39.1. The van der Waals surface area contributed by atoms with Crippen LogP contribution < -0.4 is 31.9 Å². The molecule has 0 bridgehead atoms. The first-order chi connectivity index (χ1) is 51.1. The van der Waals surface area contributed by atoms with Gasteiger partial charge in [-0.25, -0.2) is 0 Å². The number of ether oxygens (including phenoxy) is 6. The highest BCUT2D eigenvalue weighted by atomic mass is 16.5. The van der Waals surface area contributed by atoms with Gasteiger partial charge < -0.3 is 85.0 Å². The van der Waals surface area contributed by atoms with E-state index in [-0.39, 0.29) is 109 Å². The molecule has 0 saturated carbocycles. The summed E-state index contributed by atoms with van der Waals surface area (Å²) >= 11 is 0. The van der Waals surface area contributed by atoms with Crippen molar-refractivity contribution in [2.75, 3.05) is 147 Å². The molecule has 2 aromatic rings. The molecule has 11 atom stereocenters. The third-order valence-electron chi connectivity index (χ3n) is 19.7. The second-order valence-corrected chi connectivity index (χ2v) is 28.1. The van der Waals surface area contributed by atoms with Gasteiger partial charge >= 0.3 is 0 Å². The van der Waals surface area contributed by atoms with Crippen LogP contribution in [0.1, 0.15) is 111 Å². The van der Waals surface area contributed by atoms with E-state index in [9.17, 15) is 62.6 Å². The predicted octanol–water partition coefficient (Wildman–Crippen LogP) is 0.761. The van der Waals surface area contributed by atoms with Crippen molar-refractivity contribution in [2.24, 2.45) is 23.7 Å². The SMILES string of the molecule is CC[C@H](C)[C@@H]([C@@H](CC(=O)N1CCC[C@@H]1[C@H](OC)[C@@H](C)C(=O)N[C@H](C)[C@@H](O)c1ccccc1)OC)N(C)C(=O)[C@@H](NC(=O)[C@H](C(C)C)N(C)C(=O)CNC(=O)[C@H](Cc1ccccc1)NC(=O)CNC(=O)CNC(=O)CCN1CCOCCOCCN(C(=O)CCN2C(=O)C=CC2=O)CCOCCOCC1)C(C)C. The zero-order valence-corrected chi connectivity index (χ0v) is 64.6. The Morgan fingerprint density at radius 2 is 1.17 bits per heavy atom. The second kappa shape index (κ2) is 46.8. The van der Waals surface area contributed by atoms with E-state index < -0.39 is 145 Å². The van der Waals surface area contributed by atoms with E-state index in [2.05, 4.69) is 31.9 Å². The van der Waals surface area contributed by atoms with E-state index in [1.54, 1.807) is 101 Å². The Morgan fingerprint density at radius 3 is 1.73 bits per heavy atom. The minimum atomic E-state index is -1.23. The number of nitrogens with one attached hydrogen (secondary N) is 6. The number of carbonyl (C=O) groups excluding carboxylic acids is 12. The number of likely N-dealkylation sites (N-methyl/N-ethyl adjacent to an activating group) is 2. The van der Waals surface area contributed by atoms with Crippen molar-refractivity contribution in [1.29, 1.82) is 0 Å². The lowest BCUT2D eigenvalue weighted by Crippen LogP contribution is -2.61. The van der Waals surface area contributed by atoms with Crippen LogP contribution in [0.15, 0.2) is 72.8 Å². The monoisotopic (exact) mass is 1500 g/mol. The lowest BCUT2D eigenvalue weighted by molar-refractivity contribution is -0.148. The standard InChI is InChI=1S/C76H118N12O19/c1-13-52(6)70(59(102-11)46-66(95)87-30-20-25-58(87)72(103-12)53(7)73(98)80-54(8)71(97)56-23-18-15-19-24-56)84(10)76(101)68(50(2)3)82-75(100)69(51(4)5)83(9)67(96)49-79-74(99)57(45-55-21-16-14-17-22-55)81-62(91)48-78-61(90)47-77-60(89)28-31-85-33-37-104-41-43-106-39-35-86(36-40-107-44-42-105-38-34-85)63(92)29-32-88-64(93)26-27-65(88)94/h14-19,21-24,26-27,50-54,57-59,68-72,97H,13,20,25,28-49H2,1-12H3,(H,77,89)(H,78,90)(H,79,99)(H,80,98)(H,81,91)(H,82,100)/t52-,53+,54+,57-,58+,59+,68-,69-,70-,71+,72+/m0/s1. The summed E-state index contributed by atoms with van der Waals surface area (Å²) < 4.78 is 35.1. The number of aliphatic hydroxyl groups is 1. The topological polar surface area (TPSA) is 372 Å². The predicted molar refractivity (Wildman–Crippen MR) is 396 cm³/mol. The number of rotatable bonds is 36. The van der Waals surface area contributed by atoms with Crippen LogP contribution in [0.5, 0.6) is 0 Å². The number of imide groups is 1. The maximum Gasteiger partial charge on any atom is 0.253 e. The molecule has 0 unspecified atom stereocenters. The van der Waals surface area contributed by atoms with Crippen LogP contribution >= 0.6 is 0 Å². The molecule has 5 rings (SSSR count). The first kappa shape index (κ1) is 89.3. The van der Waals surface area contributed by atoms with Crippen molar-refractivity contribution in [1.82, 2.24) is 61.3 Å². The average Bonchev–Trinajstić information content (AvgIpc) is 1.72. The summed E-state index contributed by atoms with van der Waals surface area (Å²) in [7, 11) is 6.04. The number of amides is 12. The molecule has 31 nitrogen and oxygen atoms in total. The fourth-order valence-corrected chi connectivity index (χ4v) is 13.3. The van der Waals surface area contributed by atoms with Gasteiger partial charge in [0.1, 0.15) is 18.1 Å². The summed E-state index contributed by atoms with van der Waals surface area (Å²) in [5.74, 6) is -7.91. The lowest BCUT2D eigenvalue weighted by atomic mass is 9.89. The van der Waals surface area contributed by atoms with Gasteiger partial charge in [0.25, 0.3) is 11.8 Å². The second-order valence-electron chi connectivity index (χ2n) is 28.1. The molecule has 2 aromatic carbocycles. The molecule has 12 amide bonds. The normalized spacial score (nSPS) is 18.8. The maximum atomic E-state index is 14.9. The fourth-order valence-electron chi connectivity index (χ4n) is 13.3. The minimum Gasteiger partial charge on any atom is -0.386 e. The van der Waals surface area contributed by atoms with Gasteiger partial charge in [0.2, 0.25) is 59.1 Å². The van der Waals surface area contributed by atoms with Gasteiger partial charge in [-0.2, -0.15) is 0 Å². The molecular formula is C76H118N12O19. The Morgan fingerprint density at radius 1 is 0.598 bits per heavy atom. The molecule has 596 valence electrons. The number of hydrogen-bond acceptors (Lipinski definition) is 20. The van der Waals surface area contributed by atoms with Crippen molar-refractivity contribution in [3.63, 3.8) is 0 Å². The molecular weight excluding hydrogens is 1380 g/mol. The summed E-state index contributed by atoms with van der Waals surface area (Å²) in [5.41, 5.74) is 1.33. The fraction of sp³-hybridized carbons (Fsp3) is 0.658. The smallest absolute Gasteiger partial charge is 0.253 e. The van der Waals surface area contributed by atoms with Crippen LogP contribution in [0.2, 0.25) is 0 Å². The molecule has 2 saturated heterocycles. The number of methoxy groups -OCH3 is 2. The van der Waals surface area contributed by atoms with Crippen LogP contribution in [0, 0.1) is 23.7 Å². The van der Waals surface area contributed by atoms with Crippen LogP contribution in [0.25, 0.3) is 0 Å². The molecule has 3 heterocycles. The van der Waals surface area contributed by atoms with E-state index in [1.165, 1.54) is 43.2 Å². The molecule has 3 aliphatic heterocycles. The zero-order valence-electron chi connectivity index (χ0n) is 64.6. The molecule has 3 aliphatic rings. The summed E-state index contributed by atoms with van der Waals surface area (Å²) in [4.78, 5) is 171. The van der Waals surface area contributed by atoms with Crippen LogP contribution in [0.4, 0.5) is 0 Å². The van der Waals surface area contributed by atoms with Crippen molar-refractivity contribution >= 4 is 70.9 Å². The Hall–Kier alpha value is -8.30. The number of likely N-dealkylation sites (tertiary alicyclic amines) is 1. The third kappa shape index (κ3) is 29.0.